The van der Waals surface area contributed by atoms with Crippen LogP contribution in [0, 0.1) is 18.3 Å². The first-order valence-electron chi connectivity index (χ1n) is 9.32. The van der Waals surface area contributed by atoms with Crippen LogP contribution in [0.3, 0.4) is 0 Å². The standard InChI is InChI=1S/C22H32O2Si/c1-14-10-16(8-9-19(14)24-4)21-15(2)18-11-17(23)12-22(18,3)13-20(21)25(5,6)7/h8-10,17-18,23H,2,11-13H2,1,3-7H3/t17-,18+,22+/m0/s1. The maximum atomic E-state index is 10.3. The van der Waals surface area contributed by atoms with E-state index in [1.807, 2.05) is 0 Å². The summed E-state index contributed by atoms with van der Waals surface area (Å²) in [6.45, 7) is 16.3. The van der Waals surface area contributed by atoms with Gasteiger partial charge in [-0.3, -0.25) is 0 Å². The van der Waals surface area contributed by atoms with Crippen LogP contribution in [-0.2, 0) is 0 Å². The van der Waals surface area contributed by atoms with Crippen LogP contribution < -0.4 is 4.74 Å². The summed E-state index contributed by atoms with van der Waals surface area (Å²) in [5, 5.41) is 11.9. The van der Waals surface area contributed by atoms with Crippen molar-refractivity contribution in [3.05, 3.63) is 46.7 Å². The highest BCUT2D eigenvalue weighted by molar-refractivity contribution is 6.84. The number of fused-ring (bicyclic) bond motifs is 1. The number of aryl methyl sites for hydroxylation is 1. The Hall–Kier alpha value is -1.32. The van der Waals surface area contributed by atoms with E-state index in [4.69, 9.17) is 4.74 Å². The maximum Gasteiger partial charge on any atom is 0.121 e. The lowest BCUT2D eigenvalue weighted by atomic mass is 9.67. The largest absolute Gasteiger partial charge is 0.496 e. The number of rotatable bonds is 3. The molecule has 0 heterocycles. The normalized spacial score (nSPS) is 29.8. The third-order valence-corrected chi connectivity index (χ3v) is 8.50. The minimum absolute atomic E-state index is 0.164. The lowest BCUT2D eigenvalue weighted by Gasteiger charge is -2.44. The minimum atomic E-state index is -1.51. The molecule has 2 aliphatic carbocycles. The molecule has 0 unspecified atom stereocenters. The fraction of sp³-hybridized carbons (Fsp3) is 0.545. The van der Waals surface area contributed by atoms with Gasteiger partial charge in [-0.1, -0.05) is 44.4 Å². The molecule has 0 spiro atoms. The molecule has 3 atom stereocenters. The Labute approximate surface area is 153 Å². The molecule has 0 aromatic heterocycles. The predicted octanol–water partition coefficient (Wildman–Crippen LogP) is 5.37. The van der Waals surface area contributed by atoms with Gasteiger partial charge in [0, 0.05) is 0 Å². The van der Waals surface area contributed by atoms with Crippen LogP contribution in [0.15, 0.2) is 35.5 Å². The summed E-state index contributed by atoms with van der Waals surface area (Å²) in [6, 6.07) is 6.50. The van der Waals surface area contributed by atoms with Crippen LogP contribution >= 0.6 is 0 Å². The van der Waals surface area contributed by atoms with Crippen LogP contribution in [0.1, 0.15) is 37.3 Å². The van der Waals surface area contributed by atoms with E-state index in [0.717, 1.165) is 30.6 Å². The number of benzene rings is 1. The topological polar surface area (TPSA) is 29.5 Å². The van der Waals surface area contributed by atoms with Crippen molar-refractivity contribution in [3.8, 4) is 5.75 Å². The molecular weight excluding hydrogens is 324 g/mol. The molecule has 1 fully saturated rings. The number of allylic oxidation sites excluding steroid dienone is 3. The van der Waals surface area contributed by atoms with E-state index in [1.165, 1.54) is 16.7 Å². The summed E-state index contributed by atoms with van der Waals surface area (Å²) < 4.78 is 5.44. The molecule has 25 heavy (non-hydrogen) atoms. The molecule has 1 N–H and O–H groups in total. The van der Waals surface area contributed by atoms with Gasteiger partial charge < -0.3 is 9.84 Å². The summed E-state index contributed by atoms with van der Waals surface area (Å²) in [4.78, 5) is 0. The number of hydrogen-bond acceptors (Lipinski definition) is 2. The molecule has 3 rings (SSSR count). The molecule has 0 radical (unpaired) electrons. The first-order chi connectivity index (χ1) is 11.6. The van der Waals surface area contributed by atoms with E-state index in [9.17, 15) is 5.11 Å². The van der Waals surface area contributed by atoms with Gasteiger partial charge in [0.05, 0.1) is 21.3 Å². The van der Waals surface area contributed by atoms with Gasteiger partial charge in [0.25, 0.3) is 0 Å². The zero-order valence-electron chi connectivity index (χ0n) is 16.6. The summed E-state index contributed by atoms with van der Waals surface area (Å²) in [6.07, 6.45) is 2.67. The van der Waals surface area contributed by atoms with E-state index in [2.05, 4.69) is 58.3 Å². The number of hydrogen-bond donors (Lipinski definition) is 1. The smallest absolute Gasteiger partial charge is 0.121 e. The Morgan fingerprint density at radius 3 is 2.52 bits per heavy atom. The number of aliphatic hydroxyl groups excluding tert-OH is 1. The molecule has 0 bridgehead atoms. The van der Waals surface area contributed by atoms with Crippen LogP contribution in [0.5, 0.6) is 5.75 Å². The van der Waals surface area contributed by atoms with Crippen LogP contribution in [0.25, 0.3) is 5.57 Å². The molecule has 136 valence electrons. The summed E-state index contributed by atoms with van der Waals surface area (Å²) >= 11 is 0. The second kappa shape index (κ2) is 6.13. The van der Waals surface area contributed by atoms with E-state index in [1.54, 1.807) is 12.3 Å². The molecule has 1 aromatic rings. The van der Waals surface area contributed by atoms with Crippen molar-refractivity contribution in [1.82, 2.24) is 0 Å². The van der Waals surface area contributed by atoms with Gasteiger partial charge in [0.15, 0.2) is 0 Å². The van der Waals surface area contributed by atoms with Crippen molar-refractivity contribution < 1.29 is 9.84 Å². The maximum absolute atomic E-state index is 10.3. The van der Waals surface area contributed by atoms with Crippen LogP contribution in [-0.4, -0.2) is 26.4 Å². The quantitative estimate of drug-likeness (QED) is 0.738. The molecule has 2 aliphatic rings. The zero-order chi connectivity index (χ0) is 18.6. The molecule has 0 aliphatic heterocycles. The average Bonchev–Trinajstić information content (AvgIpc) is 2.81. The molecule has 3 heteroatoms. The molecule has 0 saturated heterocycles. The van der Waals surface area contributed by atoms with Gasteiger partial charge in [0.1, 0.15) is 5.75 Å². The van der Waals surface area contributed by atoms with E-state index < -0.39 is 8.07 Å². The molecule has 1 aromatic carbocycles. The summed E-state index contributed by atoms with van der Waals surface area (Å²) in [7, 11) is 0.216. The van der Waals surface area contributed by atoms with Gasteiger partial charge in [-0.25, -0.2) is 0 Å². The van der Waals surface area contributed by atoms with Gasteiger partial charge in [-0.05, 0) is 71.9 Å². The van der Waals surface area contributed by atoms with Gasteiger partial charge in [-0.15, -0.1) is 0 Å². The Balaban J connectivity index is 2.17. The number of methoxy groups -OCH3 is 1. The lowest BCUT2D eigenvalue weighted by molar-refractivity contribution is 0.163. The molecular formula is C22H32O2Si. The van der Waals surface area contributed by atoms with E-state index >= 15 is 0 Å². The van der Waals surface area contributed by atoms with Crippen LogP contribution in [0.2, 0.25) is 19.6 Å². The molecule has 1 saturated carbocycles. The fourth-order valence-electron chi connectivity index (χ4n) is 4.97. The average molecular weight is 357 g/mol. The van der Waals surface area contributed by atoms with Gasteiger partial charge in [-0.2, -0.15) is 0 Å². The first kappa shape index (κ1) is 18.5. The minimum Gasteiger partial charge on any atom is -0.496 e. The van der Waals surface area contributed by atoms with Crippen LogP contribution in [0.4, 0.5) is 0 Å². The third kappa shape index (κ3) is 3.13. The van der Waals surface area contributed by atoms with Crippen molar-refractivity contribution >= 4 is 13.6 Å². The molecule has 0 amide bonds. The SMILES string of the molecule is C=C1C(c2ccc(OC)c(C)c2)=C([Si](C)(C)C)C[C@@]2(C)C[C@@H](O)C[C@H]12. The van der Waals surface area contributed by atoms with E-state index in [-0.39, 0.29) is 11.5 Å². The Kier molecular flexibility index (Phi) is 4.53. The first-order valence-corrected chi connectivity index (χ1v) is 12.8. The van der Waals surface area contributed by atoms with Crippen molar-refractivity contribution in [2.75, 3.05) is 7.11 Å². The lowest BCUT2D eigenvalue weighted by Crippen LogP contribution is -2.37. The predicted molar refractivity (Wildman–Crippen MR) is 109 cm³/mol. The number of ether oxygens (including phenoxy) is 1. The van der Waals surface area contributed by atoms with Crippen molar-refractivity contribution in [1.29, 1.82) is 0 Å². The zero-order valence-corrected chi connectivity index (χ0v) is 17.6. The monoisotopic (exact) mass is 356 g/mol. The second-order valence-electron chi connectivity index (χ2n) is 9.29. The summed E-state index contributed by atoms with van der Waals surface area (Å²) in [5.74, 6) is 1.32. The second-order valence-corrected chi connectivity index (χ2v) is 14.4. The Bertz CT molecular complexity index is 741. The highest BCUT2D eigenvalue weighted by atomic mass is 28.3. The van der Waals surface area contributed by atoms with E-state index in [0.29, 0.717) is 5.92 Å². The van der Waals surface area contributed by atoms with Gasteiger partial charge >= 0.3 is 0 Å². The Morgan fingerprint density at radius 2 is 1.96 bits per heavy atom. The van der Waals surface area contributed by atoms with Crippen molar-refractivity contribution in [2.45, 2.75) is 58.9 Å². The number of aliphatic hydroxyl groups is 1. The highest BCUT2D eigenvalue weighted by Crippen LogP contribution is 2.58. The van der Waals surface area contributed by atoms with Crippen molar-refractivity contribution in [2.24, 2.45) is 11.3 Å². The summed E-state index contributed by atoms with van der Waals surface area (Å²) in [5.41, 5.74) is 5.21. The highest BCUT2D eigenvalue weighted by Gasteiger charge is 2.50. The third-order valence-electron chi connectivity index (χ3n) is 6.26. The fourth-order valence-corrected chi connectivity index (χ4v) is 6.96. The van der Waals surface area contributed by atoms with Gasteiger partial charge in [0.2, 0.25) is 0 Å². The van der Waals surface area contributed by atoms with Crippen molar-refractivity contribution in [3.63, 3.8) is 0 Å². The molecule has 2 nitrogen and oxygen atoms in total. The Morgan fingerprint density at radius 1 is 1.28 bits per heavy atom.